The Bertz CT molecular complexity index is 1520. The Kier molecular flexibility index (Phi) is 6.01. The highest BCUT2D eigenvalue weighted by molar-refractivity contribution is 5.88. The zero-order valence-electron chi connectivity index (χ0n) is 19.6. The SMILES string of the molecule is Cc1nn([C@H](C)C(=O)NCCc2ccccc2)c(=O)c2c(-n3cccc3)n(-c3ccccc3)nc12. The van der Waals surface area contributed by atoms with Crippen LogP contribution in [0.4, 0.5) is 0 Å². The second kappa shape index (κ2) is 9.42. The first-order valence-electron chi connectivity index (χ1n) is 11.6. The standard InChI is InChI=1S/C27H26N6O2/c1-19-24-23(26(31-17-9-10-18-31)33(30-24)22-13-7-4-8-14-22)27(35)32(29-19)20(2)25(34)28-16-15-21-11-5-3-6-12-21/h3-14,17-18,20H,15-16H2,1-2H3,(H,28,34)/t20-/m1/s1. The van der Waals surface area contributed by atoms with Gasteiger partial charge in [-0.15, -0.1) is 0 Å². The van der Waals surface area contributed by atoms with E-state index in [2.05, 4.69) is 10.4 Å². The molecule has 0 unspecified atom stereocenters. The van der Waals surface area contributed by atoms with Crippen LogP contribution in [0, 0.1) is 6.92 Å². The van der Waals surface area contributed by atoms with Gasteiger partial charge in [0.2, 0.25) is 5.91 Å². The van der Waals surface area contributed by atoms with Crippen molar-refractivity contribution < 1.29 is 4.79 Å². The van der Waals surface area contributed by atoms with Crippen molar-refractivity contribution in [2.45, 2.75) is 26.3 Å². The molecule has 8 heteroatoms. The molecule has 0 aliphatic carbocycles. The van der Waals surface area contributed by atoms with Gasteiger partial charge in [0.1, 0.15) is 16.9 Å². The Balaban J connectivity index is 1.54. The van der Waals surface area contributed by atoms with Crippen LogP contribution in [-0.4, -0.2) is 36.6 Å². The van der Waals surface area contributed by atoms with Crippen molar-refractivity contribution in [2.24, 2.45) is 0 Å². The van der Waals surface area contributed by atoms with Crippen molar-refractivity contribution in [3.05, 3.63) is 107 Å². The maximum atomic E-state index is 13.7. The molecule has 0 aliphatic rings. The lowest BCUT2D eigenvalue weighted by atomic mass is 10.1. The average Bonchev–Trinajstić information content (AvgIpc) is 3.55. The second-order valence-electron chi connectivity index (χ2n) is 8.42. The van der Waals surface area contributed by atoms with Crippen LogP contribution >= 0.6 is 0 Å². The number of aromatic nitrogens is 5. The Morgan fingerprint density at radius 1 is 0.943 bits per heavy atom. The molecule has 0 saturated heterocycles. The highest BCUT2D eigenvalue weighted by Gasteiger charge is 2.25. The van der Waals surface area contributed by atoms with E-state index in [0.717, 1.165) is 11.3 Å². The summed E-state index contributed by atoms with van der Waals surface area (Å²) in [6, 6.07) is 22.6. The second-order valence-corrected chi connectivity index (χ2v) is 8.42. The molecular formula is C27H26N6O2. The van der Waals surface area contributed by atoms with Crippen LogP contribution in [-0.2, 0) is 11.2 Å². The molecule has 0 bridgehead atoms. The van der Waals surface area contributed by atoms with Gasteiger partial charge in [-0.1, -0.05) is 48.5 Å². The van der Waals surface area contributed by atoms with Crippen molar-refractivity contribution in [1.82, 2.24) is 29.4 Å². The Labute approximate surface area is 202 Å². The van der Waals surface area contributed by atoms with Crippen molar-refractivity contribution in [2.75, 3.05) is 6.54 Å². The number of hydrogen-bond acceptors (Lipinski definition) is 4. The molecular weight excluding hydrogens is 440 g/mol. The molecule has 1 N–H and O–H groups in total. The molecule has 0 fully saturated rings. The monoisotopic (exact) mass is 466 g/mol. The first-order chi connectivity index (χ1) is 17.0. The predicted molar refractivity (Wildman–Crippen MR) is 135 cm³/mol. The van der Waals surface area contributed by atoms with E-state index in [4.69, 9.17) is 5.10 Å². The maximum absolute atomic E-state index is 13.7. The third kappa shape index (κ3) is 4.26. The van der Waals surface area contributed by atoms with Crippen LogP contribution in [0.1, 0.15) is 24.2 Å². The summed E-state index contributed by atoms with van der Waals surface area (Å²) in [6.45, 7) is 3.97. The van der Waals surface area contributed by atoms with Crippen molar-refractivity contribution in [3.8, 4) is 11.5 Å². The van der Waals surface area contributed by atoms with E-state index in [0.29, 0.717) is 35.4 Å². The average molecular weight is 467 g/mol. The number of aryl methyl sites for hydroxylation is 1. The molecule has 0 radical (unpaired) electrons. The molecule has 176 valence electrons. The van der Waals surface area contributed by atoms with E-state index in [9.17, 15) is 9.59 Å². The minimum atomic E-state index is -0.779. The molecule has 0 spiro atoms. The summed E-state index contributed by atoms with van der Waals surface area (Å²) in [5.41, 5.74) is 2.69. The highest BCUT2D eigenvalue weighted by Crippen LogP contribution is 2.25. The molecule has 3 heterocycles. The summed E-state index contributed by atoms with van der Waals surface area (Å²) < 4.78 is 4.87. The summed E-state index contributed by atoms with van der Waals surface area (Å²) in [4.78, 5) is 26.7. The Morgan fingerprint density at radius 3 is 2.29 bits per heavy atom. The smallest absolute Gasteiger partial charge is 0.280 e. The summed E-state index contributed by atoms with van der Waals surface area (Å²) in [5.74, 6) is 0.351. The number of fused-ring (bicyclic) bond motifs is 1. The van der Waals surface area contributed by atoms with Gasteiger partial charge in [-0.2, -0.15) is 10.2 Å². The van der Waals surface area contributed by atoms with Crippen LogP contribution in [0.5, 0.6) is 0 Å². The van der Waals surface area contributed by atoms with Crippen molar-refractivity contribution >= 4 is 16.8 Å². The van der Waals surface area contributed by atoms with Gasteiger partial charge < -0.3 is 9.88 Å². The first kappa shape index (κ1) is 22.3. The van der Waals surface area contributed by atoms with E-state index in [1.165, 1.54) is 4.68 Å². The molecule has 3 aromatic heterocycles. The molecule has 35 heavy (non-hydrogen) atoms. The van der Waals surface area contributed by atoms with Gasteiger partial charge in [0.05, 0.1) is 11.4 Å². The minimum Gasteiger partial charge on any atom is -0.354 e. The van der Waals surface area contributed by atoms with Gasteiger partial charge >= 0.3 is 0 Å². The lowest BCUT2D eigenvalue weighted by molar-refractivity contribution is -0.124. The fourth-order valence-corrected chi connectivity index (χ4v) is 4.19. The highest BCUT2D eigenvalue weighted by atomic mass is 16.2. The third-order valence-corrected chi connectivity index (χ3v) is 6.04. The Hall–Kier alpha value is -4.46. The molecule has 5 rings (SSSR count). The molecule has 8 nitrogen and oxygen atoms in total. The number of benzene rings is 2. The summed E-state index contributed by atoms with van der Waals surface area (Å²) in [7, 11) is 0. The number of rotatable bonds is 7. The number of nitrogens with one attached hydrogen (secondary N) is 1. The van der Waals surface area contributed by atoms with E-state index in [-0.39, 0.29) is 11.5 Å². The van der Waals surface area contributed by atoms with E-state index in [1.54, 1.807) is 18.5 Å². The van der Waals surface area contributed by atoms with Gasteiger partial charge in [0.15, 0.2) is 5.82 Å². The van der Waals surface area contributed by atoms with E-state index < -0.39 is 6.04 Å². The molecule has 2 aromatic carbocycles. The zero-order chi connectivity index (χ0) is 24.4. The van der Waals surface area contributed by atoms with Crippen LogP contribution in [0.25, 0.3) is 22.4 Å². The Morgan fingerprint density at radius 2 is 1.60 bits per heavy atom. The zero-order valence-corrected chi connectivity index (χ0v) is 19.6. The molecule has 0 saturated carbocycles. The summed E-state index contributed by atoms with van der Waals surface area (Å²) in [5, 5.41) is 12.6. The fourth-order valence-electron chi connectivity index (χ4n) is 4.19. The van der Waals surface area contributed by atoms with Crippen LogP contribution in [0.15, 0.2) is 90.0 Å². The summed E-state index contributed by atoms with van der Waals surface area (Å²) in [6.07, 6.45) is 4.45. The molecule has 0 aliphatic heterocycles. The van der Waals surface area contributed by atoms with E-state index in [1.807, 2.05) is 89.8 Å². The van der Waals surface area contributed by atoms with Gasteiger partial charge in [-0.25, -0.2) is 9.36 Å². The first-order valence-corrected chi connectivity index (χ1v) is 11.6. The normalized spacial score (nSPS) is 12.1. The number of para-hydroxylation sites is 1. The van der Waals surface area contributed by atoms with Gasteiger partial charge in [0.25, 0.3) is 5.56 Å². The lowest BCUT2D eigenvalue weighted by Gasteiger charge is -2.15. The van der Waals surface area contributed by atoms with Crippen molar-refractivity contribution in [1.29, 1.82) is 0 Å². The summed E-state index contributed by atoms with van der Waals surface area (Å²) >= 11 is 0. The number of hydrogen-bond donors (Lipinski definition) is 1. The lowest BCUT2D eigenvalue weighted by Crippen LogP contribution is -2.38. The van der Waals surface area contributed by atoms with Crippen molar-refractivity contribution in [3.63, 3.8) is 0 Å². The molecule has 1 atom stereocenters. The quantitative estimate of drug-likeness (QED) is 0.397. The number of carbonyl (C=O) groups excluding carboxylic acids is 1. The predicted octanol–water partition coefficient (Wildman–Crippen LogP) is 3.60. The van der Waals surface area contributed by atoms with Gasteiger partial charge in [-0.05, 0) is 50.1 Å². The van der Waals surface area contributed by atoms with Crippen LogP contribution < -0.4 is 10.9 Å². The minimum absolute atomic E-state index is 0.257. The van der Waals surface area contributed by atoms with Gasteiger partial charge in [-0.3, -0.25) is 9.59 Å². The number of nitrogens with zero attached hydrogens (tertiary/aromatic N) is 5. The largest absolute Gasteiger partial charge is 0.354 e. The number of carbonyl (C=O) groups is 1. The molecule has 1 amide bonds. The maximum Gasteiger partial charge on any atom is 0.280 e. The van der Waals surface area contributed by atoms with Gasteiger partial charge in [0, 0.05) is 18.9 Å². The van der Waals surface area contributed by atoms with E-state index >= 15 is 0 Å². The molecule has 5 aromatic rings. The van der Waals surface area contributed by atoms with Crippen LogP contribution in [0.2, 0.25) is 0 Å². The van der Waals surface area contributed by atoms with Crippen LogP contribution in [0.3, 0.4) is 0 Å². The number of amides is 1. The fraction of sp³-hybridized carbons (Fsp3) is 0.185. The topological polar surface area (TPSA) is 86.7 Å². The third-order valence-electron chi connectivity index (χ3n) is 6.04.